The van der Waals surface area contributed by atoms with E-state index in [0.717, 1.165) is 5.52 Å². The Labute approximate surface area is 62.7 Å². The number of nitrogens with one attached hydrogen (secondary N) is 1. The predicted octanol–water partition coefficient (Wildman–Crippen LogP) is 0.244. The highest BCUT2D eigenvalue weighted by atomic mass is 15.2. The lowest BCUT2D eigenvalue weighted by Gasteiger charge is -1.89. The standard InChI is InChI=1S/C6H7N5/c1-3-8-2-4-5(9-3)6(7)11-10-4/h2H,1H3,(H3,7,10,11). The maximum Gasteiger partial charge on any atom is 0.171 e. The zero-order valence-corrected chi connectivity index (χ0v) is 6.00. The fourth-order valence-corrected chi connectivity index (χ4v) is 0.920. The van der Waals surface area contributed by atoms with Crippen LogP contribution < -0.4 is 5.73 Å². The van der Waals surface area contributed by atoms with Gasteiger partial charge in [-0.15, -0.1) is 0 Å². The summed E-state index contributed by atoms with van der Waals surface area (Å²) in [5.74, 6) is 1.12. The van der Waals surface area contributed by atoms with Gasteiger partial charge in [0, 0.05) is 0 Å². The van der Waals surface area contributed by atoms with Crippen LogP contribution in [0.25, 0.3) is 11.0 Å². The number of aromatic amines is 1. The van der Waals surface area contributed by atoms with Crippen molar-refractivity contribution >= 4 is 16.9 Å². The summed E-state index contributed by atoms with van der Waals surface area (Å²) in [6.45, 7) is 1.81. The van der Waals surface area contributed by atoms with E-state index in [0.29, 0.717) is 17.2 Å². The lowest BCUT2D eigenvalue weighted by Crippen LogP contribution is -1.89. The molecule has 0 aliphatic rings. The highest BCUT2D eigenvalue weighted by Crippen LogP contribution is 2.12. The van der Waals surface area contributed by atoms with E-state index in [4.69, 9.17) is 5.73 Å². The third-order valence-corrected chi connectivity index (χ3v) is 1.45. The maximum absolute atomic E-state index is 5.51. The number of hydrogen-bond acceptors (Lipinski definition) is 4. The lowest BCUT2D eigenvalue weighted by molar-refractivity contribution is 1.08. The zero-order valence-electron chi connectivity index (χ0n) is 6.00. The van der Waals surface area contributed by atoms with E-state index in [1.807, 2.05) is 6.92 Å². The SMILES string of the molecule is Cc1ncc2[nH]nc(N)c2n1. The van der Waals surface area contributed by atoms with Gasteiger partial charge in [-0.2, -0.15) is 5.10 Å². The smallest absolute Gasteiger partial charge is 0.171 e. The number of aromatic nitrogens is 4. The van der Waals surface area contributed by atoms with Crippen molar-refractivity contribution in [1.82, 2.24) is 20.2 Å². The molecule has 2 heterocycles. The van der Waals surface area contributed by atoms with Crippen LogP contribution in [-0.2, 0) is 0 Å². The van der Waals surface area contributed by atoms with Crippen LogP contribution in [0, 0.1) is 6.92 Å². The highest BCUT2D eigenvalue weighted by molar-refractivity contribution is 5.83. The molecule has 3 N–H and O–H groups in total. The Balaban J connectivity index is 2.87. The van der Waals surface area contributed by atoms with Crippen molar-refractivity contribution in [2.24, 2.45) is 0 Å². The van der Waals surface area contributed by atoms with Gasteiger partial charge >= 0.3 is 0 Å². The lowest BCUT2D eigenvalue weighted by atomic mass is 10.4. The van der Waals surface area contributed by atoms with E-state index in [9.17, 15) is 0 Å². The number of H-pyrrole nitrogens is 1. The van der Waals surface area contributed by atoms with Crippen LogP contribution in [0.15, 0.2) is 6.20 Å². The molecule has 56 valence electrons. The average Bonchev–Trinajstić information content (AvgIpc) is 2.33. The summed E-state index contributed by atoms with van der Waals surface area (Å²) >= 11 is 0. The van der Waals surface area contributed by atoms with Crippen molar-refractivity contribution in [1.29, 1.82) is 0 Å². The van der Waals surface area contributed by atoms with E-state index in [1.165, 1.54) is 0 Å². The molecular weight excluding hydrogens is 142 g/mol. The first kappa shape index (κ1) is 6.09. The van der Waals surface area contributed by atoms with Crippen LogP contribution in [0.1, 0.15) is 5.82 Å². The minimum Gasteiger partial charge on any atom is -0.380 e. The van der Waals surface area contributed by atoms with Gasteiger partial charge in [-0.1, -0.05) is 0 Å². The largest absolute Gasteiger partial charge is 0.380 e. The number of hydrogen-bond donors (Lipinski definition) is 2. The number of anilines is 1. The number of nitrogen functional groups attached to an aromatic ring is 1. The topological polar surface area (TPSA) is 80.5 Å². The van der Waals surface area contributed by atoms with Crippen molar-refractivity contribution in [3.63, 3.8) is 0 Å². The summed E-state index contributed by atoms with van der Waals surface area (Å²) in [5.41, 5.74) is 6.98. The van der Waals surface area contributed by atoms with Crippen molar-refractivity contribution < 1.29 is 0 Å². The summed E-state index contributed by atoms with van der Waals surface area (Å²) in [5, 5.41) is 6.50. The minimum absolute atomic E-state index is 0.422. The molecule has 5 nitrogen and oxygen atoms in total. The molecule has 11 heavy (non-hydrogen) atoms. The minimum atomic E-state index is 0.422. The molecule has 2 aromatic heterocycles. The third-order valence-electron chi connectivity index (χ3n) is 1.45. The molecule has 2 rings (SSSR count). The Morgan fingerprint density at radius 3 is 3.18 bits per heavy atom. The van der Waals surface area contributed by atoms with E-state index in [-0.39, 0.29) is 0 Å². The monoisotopic (exact) mass is 149 g/mol. The molecule has 2 aromatic rings. The maximum atomic E-state index is 5.51. The van der Waals surface area contributed by atoms with Gasteiger partial charge in [-0.25, -0.2) is 9.97 Å². The molecule has 5 heteroatoms. The van der Waals surface area contributed by atoms with Crippen molar-refractivity contribution in [2.45, 2.75) is 6.92 Å². The predicted molar refractivity (Wildman–Crippen MR) is 40.8 cm³/mol. The molecule has 0 aromatic carbocycles. The summed E-state index contributed by atoms with van der Waals surface area (Å²) in [6, 6.07) is 0. The number of aryl methyl sites for hydroxylation is 1. The van der Waals surface area contributed by atoms with Crippen LogP contribution in [0.2, 0.25) is 0 Å². The Morgan fingerprint density at radius 1 is 1.55 bits per heavy atom. The second kappa shape index (κ2) is 1.91. The first-order valence-electron chi connectivity index (χ1n) is 3.20. The fourth-order valence-electron chi connectivity index (χ4n) is 0.920. The normalized spacial score (nSPS) is 10.6. The summed E-state index contributed by atoms with van der Waals surface area (Å²) in [6.07, 6.45) is 1.67. The molecular formula is C6H7N5. The zero-order chi connectivity index (χ0) is 7.84. The molecule has 0 atom stereocenters. The molecule has 0 saturated heterocycles. The summed E-state index contributed by atoms with van der Waals surface area (Å²) in [4.78, 5) is 8.09. The van der Waals surface area contributed by atoms with Crippen molar-refractivity contribution in [3.8, 4) is 0 Å². The van der Waals surface area contributed by atoms with Crippen LogP contribution in [-0.4, -0.2) is 20.2 Å². The van der Waals surface area contributed by atoms with Gasteiger partial charge in [-0.3, -0.25) is 5.10 Å². The highest BCUT2D eigenvalue weighted by Gasteiger charge is 2.02. The Bertz CT molecular complexity index is 391. The van der Waals surface area contributed by atoms with Gasteiger partial charge in [0.15, 0.2) is 5.82 Å². The van der Waals surface area contributed by atoms with Gasteiger partial charge in [0.05, 0.1) is 6.20 Å². The van der Waals surface area contributed by atoms with Gasteiger partial charge in [0.1, 0.15) is 16.9 Å². The van der Waals surface area contributed by atoms with E-state index >= 15 is 0 Å². The second-order valence-electron chi connectivity index (χ2n) is 2.29. The van der Waals surface area contributed by atoms with Crippen LogP contribution in [0.4, 0.5) is 5.82 Å². The third kappa shape index (κ3) is 0.813. The van der Waals surface area contributed by atoms with Crippen LogP contribution in [0.5, 0.6) is 0 Å². The van der Waals surface area contributed by atoms with Gasteiger partial charge in [0.2, 0.25) is 0 Å². The first-order chi connectivity index (χ1) is 5.27. The van der Waals surface area contributed by atoms with Crippen LogP contribution in [0.3, 0.4) is 0 Å². The van der Waals surface area contributed by atoms with Crippen molar-refractivity contribution in [3.05, 3.63) is 12.0 Å². The molecule has 0 radical (unpaired) electrons. The molecule has 0 aliphatic heterocycles. The molecule has 0 fully saturated rings. The first-order valence-corrected chi connectivity index (χ1v) is 3.20. The Kier molecular flexibility index (Phi) is 1.06. The van der Waals surface area contributed by atoms with E-state index in [2.05, 4.69) is 20.2 Å². The van der Waals surface area contributed by atoms with Gasteiger partial charge in [-0.05, 0) is 6.92 Å². The summed E-state index contributed by atoms with van der Waals surface area (Å²) < 4.78 is 0. The van der Waals surface area contributed by atoms with Crippen LogP contribution >= 0.6 is 0 Å². The number of fused-ring (bicyclic) bond motifs is 1. The average molecular weight is 149 g/mol. The number of nitrogens with zero attached hydrogens (tertiary/aromatic N) is 3. The number of nitrogens with two attached hydrogens (primary N) is 1. The van der Waals surface area contributed by atoms with E-state index < -0.39 is 0 Å². The molecule has 0 bridgehead atoms. The molecule has 0 aliphatic carbocycles. The Hall–Kier alpha value is -1.65. The molecule has 0 amide bonds. The Morgan fingerprint density at radius 2 is 2.36 bits per heavy atom. The van der Waals surface area contributed by atoms with Gasteiger partial charge < -0.3 is 5.73 Å². The number of rotatable bonds is 0. The quantitative estimate of drug-likeness (QED) is 0.562. The van der Waals surface area contributed by atoms with Crippen molar-refractivity contribution in [2.75, 3.05) is 5.73 Å². The van der Waals surface area contributed by atoms with E-state index in [1.54, 1.807) is 6.20 Å². The second-order valence-corrected chi connectivity index (χ2v) is 2.29. The molecule has 0 spiro atoms. The summed E-state index contributed by atoms with van der Waals surface area (Å²) in [7, 11) is 0. The fraction of sp³-hybridized carbons (Fsp3) is 0.167. The molecule has 0 saturated carbocycles. The van der Waals surface area contributed by atoms with Gasteiger partial charge in [0.25, 0.3) is 0 Å². The molecule has 0 unspecified atom stereocenters.